The molecule has 2 unspecified atom stereocenters. The third-order valence-corrected chi connectivity index (χ3v) is 5.05. The fourth-order valence-corrected chi connectivity index (χ4v) is 3.79. The molecule has 3 aliphatic rings. The van der Waals surface area contributed by atoms with Gasteiger partial charge in [0.05, 0.1) is 13.2 Å². The van der Waals surface area contributed by atoms with Gasteiger partial charge < -0.3 is 18.9 Å². The van der Waals surface area contributed by atoms with Gasteiger partial charge in [-0.2, -0.15) is 0 Å². The predicted molar refractivity (Wildman–Crippen MR) is 91.7 cm³/mol. The van der Waals surface area contributed by atoms with Crippen LogP contribution >= 0.6 is 0 Å². The molecule has 0 bridgehead atoms. The number of rotatable bonds is 2. The molecule has 2 atom stereocenters. The quantitative estimate of drug-likeness (QED) is 0.840. The summed E-state index contributed by atoms with van der Waals surface area (Å²) in [7, 11) is 0. The second-order valence-electron chi connectivity index (χ2n) is 6.63. The summed E-state index contributed by atoms with van der Waals surface area (Å²) >= 11 is 0. The highest BCUT2D eigenvalue weighted by Crippen LogP contribution is 2.51. The lowest BCUT2D eigenvalue weighted by atomic mass is 9.99. The molecule has 2 aromatic rings. The Balaban J connectivity index is 1.47. The molecule has 3 heterocycles. The van der Waals surface area contributed by atoms with E-state index >= 15 is 0 Å². The van der Waals surface area contributed by atoms with Crippen molar-refractivity contribution in [3.8, 4) is 11.5 Å². The molecule has 25 heavy (non-hydrogen) atoms. The zero-order chi connectivity index (χ0) is 16.6. The van der Waals surface area contributed by atoms with Crippen molar-refractivity contribution in [3.05, 3.63) is 59.7 Å². The molecule has 2 saturated heterocycles. The molecule has 0 saturated carbocycles. The van der Waals surface area contributed by atoms with Gasteiger partial charge in [-0.05, 0) is 12.1 Å². The molecule has 0 radical (unpaired) electrons. The maximum atomic E-state index is 6.35. The Labute approximate surface area is 147 Å². The van der Waals surface area contributed by atoms with Crippen molar-refractivity contribution in [3.63, 3.8) is 0 Å². The van der Waals surface area contributed by atoms with Gasteiger partial charge in [0, 0.05) is 30.8 Å². The smallest absolute Gasteiger partial charge is 0.172 e. The van der Waals surface area contributed by atoms with E-state index in [9.17, 15) is 0 Å². The summed E-state index contributed by atoms with van der Waals surface area (Å²) in [4.78, 5) is 2.34. The Kier molecular flexibility index (Phi) is 3.94. The fraction of sp³-hybridized carbons (Fsp3) is 0.400. The minimum absolute atomic E-state index is 0.147. The maximum Gasteiger partial charge on any atom is 0.172 e. The zero-order valence-electron chi connectivity index (χ0n) is 14.0. The summed E-state index contributed by atoms with van der Waals surface area (Å²) < 4.78 is 24.3. The Morgan fingerprint density at radius 3 is 1.96 bits per heavy atom. The van der Waals surface area contributed by atoms with Crippen LogP contribution in [0.2, 0.25) is 0 Å². The normalized spacial score (nSPS) is 28.4. The Bertz CT molecular complexity index is 705. The largest absolute Gasteiger partial charge is 0.457 e. The lowest BCUT2D eigenvalue weighted by Crippen LogP contribution is -2.41. The van der Waals surface area contributed by atoms with Crippen molar-refractivity contribution >= 4 is 0 Å². The summed E-state index contributed by atoms with van der Waals surface area (Å²) in [5.41, 5.74) is 2.10. The summed E-state index contributed by atoms with van der Waals surface area (Å²) in [6, 6.07) is 16.1. The molecule has 130 valence electrons. The molecule has 5 heteroatoms. The van der Waals surface area contributed by atoms with E-state index in [1.54, 1.807) is 0 Å². The van der Waals surface area contributed by atoms with Crippen molar-refractivity contribution in [2.75, 3.05) is 32.8 Å². The first-order valence-corrected chi connectivity index (χ1v) is 8.85. The van der Waals surface area contributed by atoms with Crippen LogP contribution in [0.3, 0.4) is 0 Å². The first-order valence-electron chi connectivity index (χ1n) is 8.85. The number of hydrogen-bond donors (Lipinski definition) is 0. The van der Waals surface area contributed by atoms with Gasteiger partial charge in [-0.25, -0.2) is 0 Å². The van der Waals surface area contributed by atoms with E-state index in [2.05, 4.69) is 17.0 Å². The summed E-state index contributed by atoms with van der Waals surface area (Å²) in [5, 5.41) is 0. The van der Waals surface area contributed by atoms with Crippen molar-refractivity contribution in [1.82, 2.24) is 4.90 Å². The first-order chi connectivity index (χ1) is 12.4. The van der Waals surface area contributed by atoms with Crippen molar-refractivity contribution < 1.29 is 18.9 Å². The zero-order valence-corrected chi connectivity index (χ0v) is 14.0. The molecule has 0 amide bonds. The van der Waals surface area contributed by atoms with Crippen LogP contribution < -0.4 is 4.74 Å². The van der Waals surface area contributed by atoms with Gasteiger partial charge in [0.15, 0.2) is 6.29 Å². The van der Waals surface area contributed by atoms with E-state index in [1.807, 2.05) is 36.4 Å². The highest BCUT2D eigenvalue weighted by atomic mass is 16.7. The molecule has 2 fully saturated rings. The van der Waals surface area contributed by atoms with Crippen molar-refractivity contribution in [2.24, 2.45) is 0 Å². The van der Waals surface area contributed by atoms with E-state index in [0.29, 0.717) is 0 Å². The average Bonchev–Trinajstić information content (AvgIpc) is 3.01. The van der Waals surface area contributed by atoms with E-state index in [0.717, 1.165) is 55.5 Å². The molecule has 0 N–H and O–H groups in total. The number of para-hydroxylation sites is 2. The number of ether oxygens (including phenoxy) is 4. The molecular formula is C20H21NO4. The van der Waals surface area contributed by atoms with Crippen molar-refractivity contribution in [2.45, 2.75) is 18.5 Å². The molecule has 0 aliphatic carbocycles. The minimum atomic E-state index is -0.243. The van der Waals surface area contributed by atoms with E-state index in [-0.39, 0.29) is 18.5 Å². The second kappa shape index (κ2) is 6.42. The minimum Gasteiger partial charge on any atom is -0.457 e. The van der Waals surface area contributed by atoms with Gasteiger partial charge in [0.2, 0.25) is 0 Å². The van der Waals surface area contributed by atoms with Crippen LogP contribution in [0.15, 0.2) is 48.5 Å². The predicted octanol–water partition coefficient (Wildman–Crippen LogP) is 3.28. The first kappa shape index (κ1) is 15.3. The fourth-order valence-electron chi connectivity index (χ4n) is 3.79. The van der Waals surface area contributed by atoms with E-state index in [1.165, 1.54) is 0 Å². The molecule has 3 aliphatic heterocycles. The third kappa shape index (κ3) is 2.83. The topological polar surface area (TPSA) is 40.2 Å². The average molecular weight is 339 g/mol. The maximum absolute atomic E-state index is 6.35. The Morgan fingerprint density at radius 1 is 0.800 bits per heavy atom. The molecular weight excluding hydrogens is 318 g/mol. The number of benzene rings is 2. The highest BCUT2D eigenvalue weighted by Gasteiger charge is 2.43. The van der Waals surface area contributed by atoms with Gasteiger partial charge in [-0.3, -0.25) is 4.90 Å². The monoisotopic (exact) mass is 339 g/mol. The molecule has 2 aromatic carbocycles. The standard InChI is InChI=1S/C20H21NO4/c1-3-7-16-14(5-1)19-20(15-6-2-4-8-17(15)23-16)25-18(24-19)13-21-9-11-22-12-10-21/h1-8,18-20H,9-13H2. The van der Waals surface area contributed by atoms with Crippen LogP contribution in [0, 0.1) is 0 Å². The van der Waals surface area contributed by atoms with Crippen LogP contribution in [0.25, 0.3) is 0 Å². The van der Waals surface area contributed by atoms with E-state index in [4.69, 9.17) is 18.9 Å². The second-order valence-corrected chi connectivity index (χ2v) is 6.63. The number of nitrogens with zero attached hydrogens (tertiary/aromatic N) is 1. The number of morpholine rings is 1. The Hall–Kier alpha value is -1.92. The van der Waals surface area contributed by atoms with Crippen LogP contribution in [0.5, 0.6) is 11.5 Å². The Morgan fingerprint density at radius 2 is 1.36 bits per heavy atom. The summed E-state index contributed by atoms with van der Waals surface area (Å²) in [5.74, 6) is 1.69. The number of hydrogen-bond acceptors (Lipinski definition) is 5. The van der Waals surface area contributed by atoms with Gasteiger partial charge in [0.25, 0.3) is 0 Å². The van der Waals surface area contributed by atoms with Crippen LogP contribution in [-0.2, 0) is 14.2 Å². The highest BCUT2D eigenvalue weighted by molar-refractivity contribution is 5.48. The van der Waals surface area contributed by atoms with Gasteiger partial charge in [0.1, 0.15) is 23.7 Å². The van der Waals surface area contributed by atoms with Crippen LogP contribution in [-0.4, -0.2) is 44.0 Å². The van der Waals surface area contributed by atoms with Crippen LogP contribution in [0.4, 0.5) is 0 Å². The van der Waals surface area contributed by atoms with Gasteiger partial charge >= 0.3 is 0 Å². The van der Waals surface area contributed by atoms with Gasteiger partial charge in [-0.1, -0.05) is 36.4 Å². The molecule has 5 rings (SSSR count). The molecule has 5 nitrogen and oxygen atoms in total. The van der Waals surface area contributed by atoms with E-state index < -0.39 is 0 Å². The summed E-state index contributed by atoms with van der Waals surface area (Å²) in [6.07, 6.45) is -0.538. The SMILES string of the molecule is c1ccc2c(c1)Oc1ccccc1C1OC(CN3CCOCC3)OC21. The number of fused-ring (bicyclic) bond motifs is 5. The molecule has 0 aromatic heterocycles. The lowest BCUT2D eigenvalue weighted by Gasteiger charge is -2.28. The van der Waals surface area contributed by atoms with Crippen molar-refractivity contribution in [1.29, 1.82) is 0 Å². The van der Waals surface area contributed by atoms with Gasteiger partial charge in [-0.15, -0.1) is 0 Å². The molecule has 0 spiro atoms. The summed E-state index contributed by atoms with van der Waals surface area (Å²) in [6.45, 7) is 4.17. The lowest BCUT2D eigenvalue weighted by molar-refractivity contribution is -0.0955. The van der Waals surface area contributed by atoms with Crippen LogP contribution in [0.1, 0.15) is 23.3 Å². The third-order valence-electron chi connectivity index (χ3n) is 5.05.